The van der Waals surface area contributed by atoms with Gasteiger partial charge >= 0.3 is 0 Å². The highest BCUT2D eigenvalue weighted by Gasteiger charge is 2.08. The Morgan fingerprint density at radius 1 is 1.53 bits per heavy atom. The molecular formula is C8H14N2O3S2. The summed E-state index contributed by atoms with van der Waals surface area (Å²) in [5, 5.41) is 11.3. The van der Waals surface area contributed by atoms with Gasteiger partial charge in [0.1, 0.15) is 0 Å². The van der Waals surface area contributed by atoms with Crippen LogP contribution in [0.4, 0.5) is 0 Å². The number of nitrogens with one attached hydrogen (secondary N) is 1. The first-order chi connectivity index (χ1) is 7.14. The molecule has 5 nitrogen and oxygen atoms in total. The Morgan fingerprint density at radius 2 is 2.33 bits per heavy atom. The van der Waals surface area contributed by atoms with Crippen molar-refractivity contribution in [3.8, 4) is 0 Å². The Bertz CT molecular complexity index is 361. The second-order valence-corrected chi connectivity index (χ2v) is 5.87. The average Bonchev–Trinajstić information content (AvgIpc) is 2.67. The van der Waals surface area contributed by atoms with Gasteiger partial charge in [-0.1, -0.05) is 0 Å². The van der Waals surface area contributed by atoms with Gasteiger partial charge in [0.05, 0.1) is 10.8 Å². The van der Waals surface area contributed by atoms with E-state index in [2.05, 4.69) is 9.71 Å². The quantitative estimate of drug-likeness (QED) is 0.713. The van der Waals surface area contributed by atoms with Crippen molar-refractivity contribution in [2.24, 2.45) is 0 Å². The molecule has 2 N–H and O–H groups in total. The van der Waals surface area contributed by atoms with Crippen LogP contribution in [0.25, 0.3) is 0 Å². The molecule has 0 aromatic carbocycles. The molecule has 0 amide bonds. The van der Waals surface area contributed by atoms with Gasteiger partial charge < -0.3 is 5.11 Å². The zero-order valence-corrected chi connectivity index (χ0v) is 9.85. The van der Waals surface area contributed by atoms with Gasteiger partial charge in [0.15, 0.2) is 0 Å². The molecule has 0 atom stereocenters. The van der Waals surface area contributed by atoms with Crippen molar-refractivity contribution in [3.05, 3.63) is 16.6 Å². The molecular weight excluding hydrogens is 236 g/mol. The number of rotatable bonds is 7. The van der Waals surface area contributed by atoms with Crippen molar-refractivity contribution < 1.29 is 13.5 Å². The fourth-order valence-corrected chi connectivity index (χ4v) is 2.70. The second kappa shape index (κ2) is 6.16. The standard InChI is InChI=1S/C8H14N2O3S2/c11-5-1-7-15(12,13)10-3-2-8-9-4-6-14-8/h4,6,10-11H,1-3,5,7H2. The first-order valence-electron chi connectivity index (χ1n) is 4.60. The summed E-state index contributed by atoms with van der Waals surface area (Å²) in [6, 6.07) is 0. The van der Waals surface area contributed by atoms with E-state index in [0.717, 1.165) is 5.01 Å². The summed E-state index contributed by atoms with van der Waals surface area (Å²) >= 11 is 1.51. The first-order valence-corrected chi connectivity index (χ1v) is 7.14. The lowest BCUT2D eigenvalue weighted by Gasteiger charge is -2.04. The lowest BCUT2D eigenvalue weighted by atomic mass is 10.5. The van der Waals surface area contributed by atoms with Crippen molar-refractivity contribution in [1.29, 1.82) is 0 Å². The molecule has 0 bridgehead atoms. The smallest absolute Gasteiger partial charge is 0.211 e. The van der Waals surface area contributed by atoms with Crippen LogP contribution in [0.3, 0.4) is 0 Å². The monoisotopic (exact) mass is 250 g/mol. The molecule has 1 aromatic rings. The Balaban J connectivity index is 2.24. The van der Waals surface area contributed by atoms with E-state index >= 15 is 0 Å². The van der Waals surface area contributed by atoms with Crippen LogP contribution in [0, 0.1) is 0 Å². The Kier molecular flexibility index (Phi) is 5.16. The van der Waals surface area contributed by atoms with Crippen LogP contribution >= 0.6 is 11.3 Å². The SMILES string of the molecule is O=S(=O)(CCCO)NCCc1nccs1. The molecule has 0 fully saturated rings. The summed E-state index contributed by atoms with van der Waals surface area (Å²) in [5.74, 6) is -0.0264. The third kappa shape index (κ3) is 5.22. The minimum atomic E-state index is -3.23. The third-order valence-corrected chi connectivity index (χ3v) is 4.02. The van der Waals surface area contributed by atoms with E-state index in [0.29, 0.717) is 13.0 Å². The zero-order chi connectivity index (χ0) is 11.1. The van der Waals surface area contributed by atoms with Gasteiger partial charge in [-0.2, -0.15) is 0 Å². The zero-order valence-electron chi connectivity index (χ0n) is 8.22. The molecule has 0 radical (unpaired) electrons. The highest BCUT2D eigenvalue weighted by molar-refractivity contribution is 7.89. The molecule has 1 rings (SSSR count). The summed E-state index contributed by atoms with van der Waals surface area (Å²) in [6.45, 7) is 0.259. The van der Waals surface area contributed by atoms with Crippen molar-refractivity contribution in [2.75, 3.05) is 18.9 Å². The van der Waals surface area contributed by atoms with Crippen molar-refractivity contribution in [3.63, 3.8) is 0 Å². The topological polar surface area (TPSA) is 79.3 Å². The molecule has 0 unspecified atom stereocenters. The highest BCUT2D eigenvalue weighted by Crippen LogP contribution is 2.03. The summed E-state index contributed by atoms with van der Waals surface area (Å²) in [5.41, 5.74) is 0. The van der Waals surface area contributed by atoms with Gasteiger partial charge in [0.2, 0.25) is 10.0 Å². The molecule has 0 aliphatic rings. The van der Waals surface area contributed by atoms with Crippen LogP contribution in [-0.4, -0.2) is 37.4 Å². The Morgan fingerprint density at radius 3 is 2.93 bits per heavy atom. The second-order valence-electron chi connectivity index (χ2n) is 2.97. The van der Waals surface area contributed by atoms with Crippen LogP contribution in [0.2, 0.25) is 0 Å². The third-order valence-electron chi connectivity index (χ3n) is 1.72. The maximum Gasteiger partial charge on any atom is 0.211 e. The molecule has 0 aliphatic heterocycles. The van der Waals surface area contributed by atoms with Crippen LogP contribution in [-0.2, 0) is 16.4 Å². The van der Waals surface area contributed by atoms with E-state index in [9.17, 15) is 8.42 Å². The number of aliphatic hydroxyl groups is 1. The first kappa shape index (κ1) is 12.6. The number of nitrogens with zero attached hydrogens (tertiary/aromatic N) is 1. The van der Waals surface area contributed by atoms with E-state index < -0.39 is 10.0 Å². The van der Waals surface area contributed by atoms with Crippen molar-refractivity contribution in [1.82, 2.24) is 9.71 Å². The van der Waals surface area contributed by atoms with Gasteiger partial charge in [-0.15, -0.1) is 11.3 Å². The predicted octanol–water partition coefficient (Wildman–Crippen LogP) is -0.0126. The molecule has 1 aromatic heterocycles. The molecule has 0 saturated carbocycles. The van der Waals surface area contributed by atoms with E-state index in [1.54, 1.807) is 6.20 Å². The minimum absolute atomic E-state index is 0.0264. The van der Waals surface area contributed by atoms with Crippen molar-refractivity contribution >= 4 is 21.4 Å². The normalized spacial score (nSPS) is 11.8. The van der Waals surface area contributed by atoms with Gasteiger partial charge in [-0.05, 0) is 6.42 Å². The summed E-state index contributed by atoms with van der Waals surface area (Å²) in [6.07, 6.45) is 2.57. The molecule has 7 heteroatoms. The number of hydrogen-bond donors (Lipinski definition) is 2. The Labute approximate surface area is 93.2 Å². The van der Waals surface area contributed by atoms with E-state index in [1.807, 2.05) is 5.38 Å². The highest BCUT2D eigenvalue weighted by atomic mass is 32.2. The largest absolute Gasteiger partial charge is 0.396 e. The van der Waals surface area contributed by atoms with E-state index in [-0.39, 0.29) is 18.8 Å². The van der Waals surface area contributed by atoms with E-state index in [1.165, 1.54) is 11.3 Å². The van der Waals surface area contributed by atoms with Crippen LogP contribution in [0.5, 0.6) is 0 Å². The fraction of sp³-hybridized carbons (Fsp3) is 0.625. The lowest BCUT2D eigenvalue weighted by molar-refractivity contribution is 0.295. The number of aromatic nitrogens is 1. The molecule has 0 aliphatic carbocycles. The summed E-state index contributed by atoms with van der Waals surface area (Å²) in [4.78, 5) is 4.04. The van der Waals surface area contributed by atoms with Gasteiger partial charge in [-0.25, -0.2) is 18.1 Å². The van der Waals surface area contributed by atoms with Crippen LogP contribution in [0.1, 0.15) is 11.4 Å². The summed E-state index contributed by atoms with van der Waals surface area (Å²) in [7, 11) is -3.23. The molecule has 15 heavy (non-hydrogen) atoms. The van der Waals surface area contributed by atoms with Crippen molar-refractivity contribution in [2.45, 2.75) is 12.8 Å². The van der Waals surface area contributed by atoms with Gasteiger partial charge in [0.25, 0.3) is 0 Å². The average molecular weight is 250 g/mol. The molecule has 1 heterocycles. The molecule has 0 spiro atoms. The van der Waals surface area contributed by atoms with Crippen LogP contribution < -0.4 is 4.72 Å². The maximum absolute atomic E-state index is 11.3. The molecule has 86 valence electrons. The lowest BCUT2D eigenvalue weighted by Crippen LogP contribution is -2.28. The molecule has 0 saturated heterocycles. The van der Waals surface area contributed by atoms with Gasteiger partial charge in [-0.3, -0.25) is 0 Å². The Hall–Kier alpha value is -0.500. The summed E-state index contributed by atoms with van der Waals surface area (Å²) < 4.78 is 25.0. The fourth-order valence-electron chi connectivity index (χ4n) is 1.02. The van der Waals surface area contributed by atoms with Gasteiger partial charge in [0, 0.05) is 31.1 Å². The number of thiazole rings is 1. The number of sulfonamides is 1. The number of hydrogen-bond acceptors (Lipinski definition) is 5. The predicted molar refractivity (Wildman–Crippen MR) is 59.3 cm³/mol. The number of aliphatic hydroxyl groups excluding tert-OH is 1. The van der Waals surface area contributed by atoms with E-state index in [4.69, 9.17) is 5.11 Å². The minimum Gasteiger partial charge on any atom is -0.396 e. The maximum atomic E-state index is 11.3. The van der Waals surface area contributed by atoms with Crippen LogP contribution in [0.15, 0.2) is 11.6 Å².